The molecule has 0 unspecified atom stereocenters. The van der Waals surface area contributed by atoms with Crippen LogP contribution in [0.5, 0.6) is 0 Å². The SMILES string of the molecule is CCCN1CCC(CNC)(OCC)CC1. The van der Waals surface area contributed by atoms with Crippen LogP contribution in [0.4, 0.5) is 0 Å². The van der Waals surface area contributed by atoms with Gasteiger partial charge in [-0.3, -0.25) is 0 Å². The standard InChI is InChI=1S/C12H26N2O/c1-4-8-14-9-6-12(7-10-14,11-13-3)15-5-2/h13H,4-11H2,1-3H3. The van der Waals surface area contributed by atoms with E-state index in [1.165, 1.54) is 38.9 Å². The number of nitrogens with one attached hydrogen (secondary N) is 1. The molecular formula is C12H26N2O. The van der Waals surface area contributed by atoms with Crippen molar-refractivity contribution < 1.29 is 4.74 Å². The number of hydrogen-bond donors (Lipinski definition) is 1. The minimum atomic E-state index is 0.105. The quantitative estimate of drug-likeness (QED) is 0.725. The minimum Gasteiger partial charge on any atom is -0.374 e. The Bertz CT molecular complexity index is 157. The van der Waals surface area contributed by atoms with E-state index in [0.717, 1.165) is 13.2 Å². The fraction of sp³-hybridized carbons (Fsp3) is 1.00. The third-order valence-corrected chi connectivity index (χ3v) is 3.26. The summed E-state index contributed by atoms with van der Waals surface area (Å²) in [6.45, 7) is 9.77. The molecule has 1 N–H and O–H groups in total. The number of piperidine rings is 1. The third kappa shape index (κ3) is 3.74. The number of ether oxygens (including phenoxy) is 1. The van der Waals surface area contributed by atoms with Crippen molar-refractivity contribution in [2.45, 2.75) is 38.7 Å². The summed E-state index contributed by atoms with van der Waals surface area (Å²) in [5.74, 6) is 0. The third-order valence-electron chi connectivity index (χ3n) is 3.26. The van der Waals surface area contributed by atoms with Crippen molar-refractivity contribution in [1.29, 1.82) is 0 Å². The Kier molecular flexibility index (Phi) is 5.58. The molecule has 0 aliphatic carbocycles. The lowest BCUT2D eigenvalue weighted by molar-refractivity contribution is -0.0762. The van der Waals surface area contributed by atoms with Gasteiger partial charge in [-0.05, 0) is 39.8 Å². The van der Waals surface area contributed by atoms with Crippen molar-refractivity contribution in [3.8, 4) is 0 Å². The van der Waals surface area contributed by atoms with E-state index in [2.05, 4.69) is 24.1 Å². The van der Waals surface area contributed by atoms with Gasteiger partial charge in [0.05, 0.1) is 5.60 Å². The summed E-state index contributed by atoms with van der Waals surface area (Å²) in [5, 5.41) is 3.27. The number of rotatable bonds is 6. The molecule has 0 aromatic heterocycles. The van der Waals surface area contributed by atoms with E-state index in [0.29, 0.717) is 0 Å². The highest BCUT2D eigenvalue weighted by Crippen LogP contribution is 2.25. The second kappa shape index (κ2) is 6.46. The molecule has 3 heteroatoms. The predicted molar refractivity (Wildman–Crippen MR) is 64.2 cm³/mol. The van der Waals surface area contributed by atoms with Crippen molar-refractivity contribution in [3.05, 3.63) is 0 Å². The molecule has 1 rings (SSSR count). The van der Waals surface area contributed by atoms with Crippen molar-refractivity contribution in [1.82, 2.24) is 10.2 Å². The highest BCUT2D eigenvalue weighted by atomic mass is 16.5. The second-order valence-electron chi connectivity index (χ2n) is 4.49. The van der Waals surface area contributed by atoms with Crippen LogP contribution in [-0.4, -0.2) is 50.3 Å². The van der Waals surface area contributed by atoms with E-state index in [9.17, 15) is 0 Å². The van der Waals surface area contributed by atoms with E-state index in [4.69, 9.17) is 4.74 Å². The number of likely N-dealkylation sites (N-methyl/N-ethyl adjacent to an activating group) is 1. The summed E-state index contributed by atoms with van der Waals surface area (Å²) in [4.78, 5) is 2.55. The molecule has 0 bridgehead atoms. The molecule has 0 spiro atoms. The molecule has 1 saturated heterocycles. The van der Waals surface area contributed by atoms with Gasteiger partial charge in [-0.2, -0.15) is 0 Å². The largest absolute Gasteiger partial charge is 0.374 e. The first kappa shape index (κ1) is 12.9. The maximum atomic E-state index is 5.95. The average Bonchev–Trinajstić information content (AvgIpc) is 2.23. The fourth-order valence-electron chi connectivity index (χ4n) is 2.50. The normalized spacial score (nSPS) is 21.8. The number of hydrogen-bond acceptors (Lipinski definition) is 3. The van der Waals surface area contributed by atoms with Gasteiger partial charge < -0.3 is 15.0 Å². The van der Waals surface area contributed by atoms with Crippen molar-refractivity contribution in [2.75, 3.05) is 39.8 Å². The molecule has 1 aliphatic heterocycles. The van der Waals surface area contributed by atoms with Crippen LogP contribution in [0.25, 0.3) is 0 Å². The lowest BCUT2D eigenvalue weighted by atomic mass is 9.91. The topological polar surface area (TPSA) is 24.5 Å². The van der Waals surface area contributed by atoms with Crippen LogP contribution in [0, 0.1) is 0 Å². The van der Waals surface area contributed by atoms with Gasteiger partial charge >= 0.3 is 0 Å². The zero-order valence-corrected chi connectivity index (χ0v) is 10.5. The first-order valence-corrected chi connectivity index (χ1v) is 6.27. The fourth-order valence-corrected chi connectivity index (χ4v) is 2.50. The van der Waals surface area contributed by atoms with E-state index in [-0.39, 0.29) is 5.60 Å². The van der Waals surface area contributed by atoms with Crippen LogP contribution < -0.4 is 5.32 Å². The zero-order valence-electron chi connectivity index (χ0n) is 10.5. The Labute approximate surface area is 94.2 Å². The Balaban J connectivity index is 2.41. The molecule has 1 heterocycles. The van der Waals surface area contributed by atoms with Gasteiger partial charge in [-0.15, -0.1) is 0 Å². The van der Waals surface area contributed by atoms with Crippen LogP contribution in [0.1, 0.15) is 33.1 Å². The second-order valence-corrected chi connectivity index (χ2v) is 4.49. The van der Waals surface area contributed by atoms with Crippen LogP contribution in [0.3, 0.4) is 0 Å². The lowest BCUT2D eigenvalue weighted by Crippen LogP contribution is -2.51. The van der Waals surface area contributed by atoms with Gasteiger partial charge in [-0.25, -0.2) is 0 Å². The summed E-state index contributed by atoms with van der Waals surface area (Å²) in [7, 11) is 2.01. The van der Waals surface area contributed by atoms with E-state index in [1.54, 1.807) is 0 Å². The van der Waals surface area contributed by atoms with E-state index in [1.807, 2.05) is 7.05 Å². The smallest absolute Gasteiger partial charge is 0.0830 e. The van der Waals surface area contributed by atoms with Gasteiger partial charge in [0.1, 0.15) is 0 Å². The number of likely N-dealkylation sites (tertiary alicyclic amines) is 1. The summed E-state index contributed by atoms with van der Waals surface area (Å²) in [6, 6.07) is 0. The Morgan fingerprint density at radius 1 is 1.27 bits per heavy atom. The van der Waals surface area contributed by atoms with Gasteiger partial charge in [0.25, 0.3) is 0 Å². The molecule has 0 atom stereocenters. The molecule has 0 aromatic carbocycles. The Morgan fingerprint density at radius 2 is 1.93 bits per heavy atom. The molecule has 0 amide bonds. The lowest BCUT2D eigenvalue weighted by Gasteiger charge is -2.41. The molecule has 3 nitrogen and oxygen atoms in total. The van der Waals surface area contributed by atoms with Crippen LogP contribution in [0.15, 0.2) is 0 Å². The van der Waals surface area contributed by atoms with Crippen molar-refractivity contribution in [2.24, 2.45) is 0 Å². The first-order chi connectivity index (χ1) is 7.26. The molecule has 90 valence electrons. The molecule has 1 aliphatic rings. The predicted octanol–water partition coefficient (Wildman–Crippen LogP) is 1.49. The summed E-state index contributed by atoms with van der Waals surface area (Å²) in [6.07, 6.45) is 3.59. The number of nitrogens with zero attached hydrogens (tertiary/aromatic N) is 1. The molecule has 0 radical (unpaired) electrons. The minimum absolute atomic E-state index is 0.105. The molecule has 0 aromatic rings. The molecular weight excluding hydrogens is 188 g/mol. The maximum absolute atomic E-state index is 5.95. The van der Waals surface area contributed by atoms with Crippen molar-refractivity contribution in [3.63, 3.8) is 0 Å². The highest BCUT2D eigenvalue weighted by molar-refractivity contribution is 4.89. The molecule has 0 saturated carbocycles. The highest BCUT2D eigenvalue weighted by Gasteiger charge is 2.34. The van der Waals surface area contributed by atoms with Gasteiger partial charge in [0, 0.05) is 26.2 Å². The maximum Gasteiger partial charge on any atom is 0.0830 e. The molecule has 15 heavy (non-hydrogen) atoms. The molecule has 1 fully saturated rings. The average molecular weight is 214 g/mol. The van der Waals surface area contributed by atoms with E-state index < -0.39 is 0 Å². The Morgan fingerprint density at radius 3 is 2.40 bits per heavy atom. The zero-order chi connectivity index (χ0) is 11.1. The van der Waals surface area contributed by atoms with E-state index >= 15 is 0 Å². The van der Waals surface area contributed by atoms with Crippen LogP contribution in [0.2, 0.25) is 0 Å². The first-order valence-electron chi connectivity index (χ1n) is 6.27. The van der Waals surface area contributed by atoms with Crippen LogP contribution in [-0.2, 0) is 4.74 Å². The van der Waals surface area contributed by atoms with Crippen LogP contribution >= 0.6 is 0 Å². The summed E-state index contributed by atoms with van der Waals surface area (Å²) < 4.78 is 5.95. The van der Waals surface area contributed by atoms with Gasteiger partial charge in [0.2, 0.25) is 0 Å². The summed E-state index contributed by atoms with van der Waals surface area (Å²) >= 11 is 0. The van der Waals surface area contributed by atoms with Crippen molar-refractivity contribution >= 4 is 0 Å². The summed E-state index contributed by atoms with van der Waals surface area (Å²) in [5.41, 5.74) is 0.105. The monoisotopic (exact) mass is 214 g/mol. The van der Waals surface area contributed by atoms with Gasteiger partial charge in [0.15, 0.2) is 0 Å². The Hall–Kier alpha value is -0.120. The van der Waals surface area contributed by atoms with Gasteiger partial charge in [-0.1, -0.05) is 6.92 Å².